The zero-order valence-electron chi connectivity index (χ0n) is 11.0. The molecule has 2 aromatic heterocycles. The molecule has 0 aromatic carbocycles. The molecule has 0 bridgehead atoms. The Morgan fingerprint density at radius 3 is 3.05 bits per heavy atom. The van der Waals surface area contributed by atoms with Crippen LogP contribution in [0.2, 0.25) is 0 Å². The summed E-state index contributed by atoms with van der Waals surface area (Å²) in [5.41, 5.74) is 5.79. The van der Waals surface area contributed by atoms with Crippen LogP contribution in [0.3, 0.4) is 0 Å². The van der Waals surface area contributed by atoms with E-state index in [1.54, 1.807) is 12.4 Å². The molecule has 0 saturated heterocycles. The highest BCUT2D eigenvalue weighted by Crippen LogP contribution is 1.96. The number of carbonyl (C=O) groups excluding carboxylic acids is 1. The second kappa shape index (κ2) is 6.55. The molecule has 0 spiro atoms. The number of H-pyrrole nitrogens is 1. The molecule has 4 N–H and O–H groups in total. The largest absolute Gasteiger partial charge is 0.398 e. The summed E-state index contributed by atoms with van der Waals surface area (Å²) in [6, 6.07) is 2.86. The third-order valence-corrected chi connectivity index (χ3v) is 2.79. The maximum absolute atomic E-state index is 11.7. The van der Waals surface area contributed by atoms with E-state index in [-0.39, 0.29) is 18.0 Å². The fraction of sp³-hybridized carbons (Fsp3) is 0.308. The maximum Gasteiger partial charge on any atom is 0.251 e. The number of hydrogen-bond donors (Lipinski definition) is 3. The van der Waals surface area contributed by atoms with E-state index in [0.29, 0.717) is 12.2 Å². The molecule has 0 radical (unpaired) electrons. The maximum atomic E-state index is 11.7. The quantitative estimate of drug-likeness (QED) is 0.640. The monoisotopic (exact) mass is 275 g/mol. The Kier molecular flexibility index (Phi) is 4.54. The minimum Gasteiger partial charge on any atom is -0.398 e. The van der Waals surface area contributed by atoms with E-state index in [4.69, 9.17) is 5.73 Å². The third kappa shape index (κ3) is 3.98. The molecule has 0 aliphatic carbocycles. The van der Waals surface area contributed by atoms with E-state index in [2.05, 4.69) is 15.3 Å². The van der Waals surface area contributed by atoms with Crippen LogP contribution in [0.25, 0.3) is 0 Å². The summed E-state index contributed by atoms with van der Waals surface area (Å²) in [5.74, 6) is 0.684. The van der Waals surface area contributed by atoms with Gasteiger partial charge < -0.3 is 20.6 Å². The van der Waals surface area contributed by atoms with Crippen molar-refractivity contribution in [3.8, 4) is 0 Å². The van der Waals surface area contributed by atoms with Gasteiger partial charge in [-0.2, -0.15) is 0 Å². The van der Waals surface area contributed by atoms with Crippen LogP contribution < -0.4 is 16.6 Å². The van der Waals surface area contributed by atoms with Gasteiger partial charge in [0, 0.05) is 43.3 Å². The number of carbonyl (C=O) groups is 1. The van der Waals surface area contributed by atoms with Gasteiger partial charge in [-0.1, -0.05) is 0 Å². The van der Waals surface area contributed by atoms with Crippen molar-refractivity contribution < 1.29 is 4.79 Å². The summed E-state index contributed by atoms with van der Waals surface area (Å²) in [4.78, 5) is 30.3. The van der Waals surface area contributed by atoms with Crippen molar-refractivity contribution in [1.82, 2.24) is 19.9 Å². The number of aromatic amines is 1. The molecule has 106 valence electrons. The van der Waals surface area contributed by atoms with E-state index >= 15 is 0 Å². The number of amides is 1. The molecule has 7 nitrogen and oxygen atoms in total. The highest BCUT2D eigenvalue weighted by Gasteiger charge is 2.04. The van der Waals surface area contributed by atoms with Crippen molar-refractivity contribution in [3.63, 3.8) is 0 Å². The average molecular weight is 275 g/mol. The third-order valence-electron chi connectivity index (χ3n) is 2.79. The lowest BCUT2D eigenvalue weighted by atomic mass is 10.3. The van der Waals surface area contributed by atoms with Gasteiger partial charge in [0.15, 0.2) is 0 Å². The van der Waals surface area contributed by atoms with Crippen molar-refractivity contribution in [2.75, 3.05) is 12.3 Å². The topological polar surface area (TPSA) is 106 Å². The number of nitrogens with one attached hydrogen (secondary N) is 2. The van der Waals surface area contributed by atoms with Gasteiger partial charge >= 0.3 is 0 Å². The Balaban J connectivity index is 1.75. The fourth-order valence-corrected chi connectivity index (χ4v) is 1.80. The predicted molar refractivity (Wildman–Crippen MR) is 75.0 cm³/mol. The molecule has 0 aliphatic heterocycles. The van der Waals surface area contributed by atoms with Gasteiger partial charge in [-0.05, 0) is 12.5 Å². The fourth-order valence-electron chi connectivity index (χ4n) is 1.80. The van der Waals surface area contributed by atoms with Crippen molar-refractivity contribution in [2.24, 2.45) is 0 Å². The second-order valence-electron chi connectivity index (χ2n) is 4.42. The number of hydrogen-bond acceptors (Lipinski definition) is 4. The van der Waals surface area contributed by atoms with Gasteiger partial charge in [-0.15, -0.1) is 0 Å². The van der Waals surface area contributed by atoms with Crippen LogP contribution in [-0.4, -0.2) is 27.0 Å². The van der Waals surface area contributed by atoms with Crippen LogP contribution in [0.5, 0.6) is 0 Å². The lowest BCUT2D eigenvalue weighted by Crippen LogP contribution is -2.32. The van der Waals surface area contributed by atoms with E-state index in [1.165, 1.54) is 22.9 Å². The van der Waals surface area contributed by atoms with E-state index < -0.39 is 0 Å². The minimum absolute atomic E-state index is 0.0232. The summed E-state index contributed by atoms with van der Waals surface area (Å²) < 4.78 is 1.29. The van der Waals surface area contributed by atoms with Crippen molar-refractivity contribution in [2.45, 2.75) is 19.4 Å². The molecule has 2 rings (SSSR count). The Labute approximate surface area is 115 Å². The minimum atomic E-state index is -0.245. The van der Waals surface area contributed by atoms with E-state index in [1.807, 2.05) is 0 Å². The van der Waals surface area contributed by atoms with Gasteiger partial charge in [0.1, 0.15) is 12.4 Å². The number of imidazole rings is 1. The van der Waals surface area contributed by atoms with Gasteiger partial charge in [-0.3, -0.25) is 9.59 Å². The molecule has 2 aromatic rings. The van der Waals surface area contributed by atoms with E-state index in [9.17, 15) is 9.59 Å². The van der Waals surface area contributed by atoms with Crippen LogP contribution in [0.1, 0.15) is 12.2 Å². The first kappa shape index (κ1) is 13.9. The Bertz CT molecular complexity index is 618. The number of aromatic nitrogens is 3. The summed E-state index contributed by atoms with van der Waals surface area (Å²) in [6.45, 7) is 0.515. The first-order valence-electron chi connectivity index (χ1n) is 6.36. The number of rotatable bonds is 6. The predicted octanol–water partition coefficient (Wildman–Crippen LogP) is -0.0974. The summed E-state index contributed by atoms with van der Waals surface area (Å²) in [7, 11) is 0. The van der Waals surface area contributed by atoms with Gasteiger partial charge in [0.05, 0.1) is 0 Å². The van der Waals surface area contributed by atoms with Crippen molar-refractivity contribution in [3.05, 3.63) is 46.9 Å². The highest BCUT2D eigenvalue weighted by atomic mass is 16.2. The van der Waals surface area contributed by atoms with Gasteiger partial charge in [-0.25, -0.2) is 4.98 Å². The molecule has 0 aliphatic rings. The molecular formula is C13H17N5O2. The first-order valence-corrected chi connectivity index (χ1v) is 6.36. The number of aryl methyl sites for hydroxylation is 1. The summed E-state index contributed by atoms with van der Waals surface area (Å²) in [5, 5.41) is 2.76. The van der Waals surface area contributed by atoms with Crippen LogP contribution in [-0.2, 0) is 17.8 Å². The lowest BCUT2D eigenvalue weighted by molar-refractivity contribution is -0.121. The molecule has 0 atom stereocenters. The van der Waals surface area contributed by atoms with Crippen molar-refractivity contribution >= 4 is 11.6 Å². The van der Waals surface area contributed by atoms with Crippen LogP contribution in [0, 0.1) is 0 Å². The molecule has 1 amide bonds. The second-order valence-corrected chi connectivity index (χ2v) is 4.42. The Hall–Kier alpha value is -2.57. The number of nitrogens with zero attached hydrogens (tertiary/aromatic N) is 2. The number of anilines is 1. The zero-order valence-corrected chi connectivity index (χ0v) is 11.0. The van der Waals surface area contributed by atoms with Crippen LogP contribution in [0.4, 0.5) is 5.69 Å². The molecule has 0 unspecified atom stereocenters. The summed E-state index contributed by atoms with van der Waals surface area (Å²) >= 11 is 0. The van der Waals surface area contributed by atoms with Gasteiger partial charge in [0.25, 0.3) is 5.56 Å². The normalized spacial score (nSPS) is 10.4. The lowest BCUT2D eigenvalue weighted by Gasteiger charge is -2.07. The number of nitrogen functional groups attached to an aromatic ring is 1. The molecule has 7 heteroatoms. The van der Waals surface area contributed by atoms with Crippen LogP contribution in [0.15, 0.2) is 35.5 Å². The number of pyridine rings is 1. The molecule has 0 fully saturated rings. The Morgan fingerprint density at radius 1 is 1.45 bits per heavy atom. The molecular weight excluding hydrogens is 258 g/mol. The van der Waals surface area contributed by atoms with E-state index in [0.717, 1.165) is 18.7 Å². The van der Waals surface area contributed by atoms with Crippen molar-refractivity contribution in [1.29, 1.82) is 0 Å². The highest BCUT2D eigenvalue weighted by molar-refractivity contribution is 5.75. The molecule has 0 saturated carbocycles. The zero-order chi connectivity index (χ0) is 14.4. The SMILES string of the molecule is Nc1ccc(=O)n(CC(=O)NCCCc2ncc[nH]2)c1. The summed E-state index contributed by atoms with van der Waals surface area (Å²) in [6.07, 6.45) is 6.47. The van der Waals surface area contributed by atoms with Gasteiger partial charge in [0.2, 0.25) is 5.91 Å². The standard InChI is InChI=1S/C13H17N5O2/c14-10-3-4-13(20)18(8-10)9-12(19)17-5-1-2-11-15-6-7-16-11/h3-4,6-8H,1-2,5,9,14H2,(H,15,16)(H,17,19). The first-order chi connectivity index (χ1) is 9.65. The average Bonchev–Trinajstić information content (AvgIpc) is 2.92. The smallest absolute Gasteiger partial charge is 0.251 e. The van der Waals surface area contributed by atoms with Crippen LogP contribution >= 0.6 is 0 Å². The number of nitrogens with two attached hydrogens (primary N) is 1. The Morgan fingerprint density at radius 2 is 2.30 bits per heavy atom. The molecule has 20 heavy (non-hydrogen) atoms. The molecule has 2 heterocycles.